The largest absolute Gasteiger partial charge is 0.481 e. The van der Waals surface area contributed by atoms with Crippen molar-refractivity contribution in [1.29, 1.82) is 0 Å². The monoisotopic (exact) mass is 237 g/mol. The molecule has 0 aliphatic heterocycles. The highest BCUT2D eigenvalue weighted by Gasteiger charge is 2.09. The van der Waals surface area contributed by atoms with Gasteiger partial charge < -0.3 is 4.74 Å². The molecule has 82 valence electrons. The van der Waals surface area contributed by atoms with Gasteiger partial charge in [-0.3, -0.25) is 9.89 Å². The van der Waals surface area contributed by atoms with Crippen molar-refractivity contribution >= 4 is 17.9 Å². The van der Waals surface area contributed by atoms with Crippen LogP contribution >= 0.6 is 11.6 Å². The van der Waals surface area contributed by atoms with Crippen LogP contribution in [0.5, 0.6) is 5.88 Å². The minimum absolute atomic E-state index is 0.321. The van der Waals surface area contributed by atoms with Gasteiger partial charge in [0.25, 0.3) is 0 Å². The number of halogens is 1. The maximum Gasteiger partial charge on any atom is 0.213 e. The van der Waals surface area contributed by atoms with Crippen molar-refractivity contribution in [3.63, 3.8) is 0 Å². The third-order valence-corrected chi connectivity index (χ3v) is 2.35. The molecule has 16 heavy (non-hydrogen) atoms. The van der Waals surface area contributed by atoms with Crippen LogP contribution in [0.3, 0.4) is 0 Å². The zero-order valence-corrected chi connectivity index (χ0v) is 9.15. The van der Waals surface area contributed by atoms with E-state index in [0.29, 0.717) is 34.1 Å². The molecule has 0 aliphatic rings. The molecule has 2 aromatic heterocycles. The van der Waals surface area contributed by atoms with Crippen LogP contribution in [0.15, 0.2) is 18.3 Å². The Kier molecular flexibility index (Phi) is 2.87. The van der Waals surface area contributed by atoms with Crippen molar-refractivity contribution in [2.75, 3.05) is 7.11 Å². The van der Waals surface area contributed by atoms with Crippen molar-refractivity contribution in [1.82, 2.24) is 15.2 Å². The van der Waals surface area contributed by atoms with Crippen molar-refractivity contribution in [3.8, 4) is 17.1 Å². The summed E-state index contributed by atoms with van der Waals surface area (Å²) < 4.78 is 4.99. The number of H-pyrrole nitrogens is 1. The second-order valence-corrected chi connectivity index (χ2v) is 3.44. The number of pyridine rings is 1. The van der Waals surface area contributed by atoms with E-state index < -0.39 is 0 Å². The van der Waals surface area contributed by atoms with E-state index in [4.69, 9.17) is 16.3 Å². The third kappa shape index (κ3) is 1.90. The maximum atomic E-state index is 10.5. The molecule has 1 N–H and O–H groups in total. The quantitative estimate of drug-likeness (QED) is 0.829. The van der Waals surface area contributed by atoms with Crippen LogP contribution in [0.25, 0.3) is 11.3 Å². The summed E-state index contributed by atoms with van der Waals surface area (Å²) in [6.07, 6.45) is 2.14. The minimum atomic E-state index is 0.321. The maximum absolute atomic E-state index is 10.5. The molecule has 2 heterocycles. The van der Waals surface area contributed by atoms with Gasteiger partial charge in [-0.2, -0.15) is 5.10 Å². The molecule has 0 saturated carbocycles. The minimum Gasteiger partial charge on any atom is -0.481 e. The lowest BCUT2D eigenvalue weighted by Gasteiger charge is -2.03. The fourth-order valence-electron chi connectivity index (χ4n) is 1.27. The number of aromatic nitrogens is 3. The molecular weight excluding hydrogens is 230 g/mol. The molecule has 0 atom stereocenters. The summed E-state index contributed by atoms with van der Waals surface area (Å²) in [6.45, 7) is 0. The first kappa shape index (κ1) is 10.6. The molecule has 0 amide bonds. The fraction of sp³-hybridized carbons (Fsp3) is 0.100. The van der Waals surface area contributed by atoms with Gasteiger partial charge in [-0.05, 0) is 6.07 Å². The van der Waals surface area contributed by atoms with E-state index in [1.165, 1.54) is 13.3 Å². The molecule has 0 radical (unpaired) electrons. The molecule has 0 spiro atoms. The van der Waals surface area contributed by atoms with E-state index in [-0.39, 0.29) is 0 Å². The summed E-state index contributed by atoms with van der Waals surface area (Å²) in [6, 6.07) is 3.28. The van der Waals surface area contributed by atoms with Gasteiger partial charge in [0.1, 0.15) is 5.69 Å². The number of aromatic amines is 1. The average molecular weight is 238 g/mol. The predicted molar refractivity (Wildman–Crippen MR) is 58.8 cm³/mol. The van der Waals surface area contributed by atoms with Crippen molar-refractivity contribution in [2.24, 2.45) is 0 Å². The van der Waals surface area contributed by atoms with Crippen LogP contribution in [0.1, 0.15) is 10.5 Å². The Labute approximate surface area is 96.4 Å². The molecule has 6 heteroatoms. The molecular formula is C10H8ClN3O2. The van der Waals surface area contributed by atoms with Crippen LogP contribution < -0.4 is 4.74 Å². The molecule has 0 fully saturated rings. The van der Waals surface area contributed by atoms with Crippen LogP contribution in [-0.4, -0.2) is 28.6 Å². The number of hydrogen-bond donors (Lipinski definition) is 1. The first-order valence-corrected chi connectivity index (χ1v) is 4.83. The van der Waals surface area contributed by atoms with Crippen molar-refractivity contribution < 1.29 is 9.53 Å². The second kappa shape index (κ2) is 4.32. The lowest BCUT2D eigenvalue weighted by atomic mass is 10.2. The number of carbonyl (C=O) groups excluding carboxylic acids is 1. The predicted octanol–water partition coefficient (Wildman–Crippen LogP) is 1.95. The van der Waals surface area contributed by atoms with Gasteiger partial charge in [-0.1, -0.05) is 11.6 Å². The van der Waals surface area contributed by atoms with Crippen molar-refractivity contribution in [2.45, 2.75) is 0 Å². The number of nitrogens with one attached hydrogen (secondary N) is 1. The van der Waals surface area contributed by atoms with Gasteiger partial charge >= 0.3 is 0 Å². The van der Waals surface area contributed by atoms with Gasteiger partial charge in [-0.25, -0.2) is 4.98 Å². The van der Waals surface area contributed by atoms with Crippen LogP contribution in [0, 0.1) is 0 Å². The van der Waals surface area contributed by atoms with E-state index in [9.17, 15) is 4.79 Å². The lowest BCUT2D eigenvalue weighted by molar-refractivity contribution is 0.111. The zero-order chi connectivity index (χ0) is 11.5. The van der Waals surface area contributed by atoms with E-state index in [2.05, 4.69) is 15.2 Å². The van der Waals surface area contributed by atoms with Gasteiger partial charge in [0.15, 0.2) is 6.29 Å². The van der Waals surface area contributed by atoms with Crippen LogP contribution in [0.4, 0.5) is 0 Å². The first-order valence-electron chi connectivity index (χ1n) is 4.45. The van der Waals surface area contributed by atoms with Gasteiger partial charge in [0.05, 0.1) is 24.0 Å². The molecule has 2 rings (SSSR count). The Balaban J connectivity index is 2.49. The zero-order valence-electron chi connectivity index (χ0n) is 8.40. The highest BCUT2D eigenvalue weighted by atomic mass is 35.5. The smallest absolute Gasteiger partial charge is 0.213 e. The summed E-state index contributed by atoms with van der Waals surface area (Å²) in [5, 5.41) is 6.97. The summed E-state index contributed by atoms with van der Waals surface area (Å²) in [4.78, 5) is 14.5. The third-order valence-electron chi connectivity index (χ3n) is 2.05. The Bertz CT molecular complexity index is 525. The number of nitrogens with zero attached hydrogens (tertiary/aromatic N) is 2. The highest BCUT2D eigenvalue weighted by Crippen LogP contribution is 2.28. The Morgan fingerprint density at radius 3 is 2.94 bits per heavy atom. The first-order chi connectivity index (χ1) is 7.74. The molecule has 0 bridgehead atoms. The average Bonchev–Trinajstić information content (AvgIpc) is 2.78. The van der Waals surface area contributed by atoms with E-state index in [1.54, 1.807) is 12.1 Å². The summed E-state index contributed by atoms with van der Waals surface area (Å²) >= 11 is 5.99. The summed E-state index contributed by atoms with van der Waals surface area (Å²) in [7, 11) is 1.52. The normalized spacial score (nSPS) is 10.1. The second-order valence-electron chi connectivity index (χ2n) is 3.03. The number of hydrogen-bond acceptors (Lipinski definition) is 4. The van der Waals surface area contributed by atoms with Gasteiger partial charge in [0.2, 0.25) is 5.88 Å². The summed E-state index contributed by atoms with van der Waals surface area (Å²) in [5.74, 6) is 0.446. The molecule has 0 unspecified atom stereocenters. The molecule has 0 saturated heterocycles. The fourth-order valence-corrected chi connectivity index (χ4v) is 1.48. The molecule has 5 nitrogen and oxygen atoms in total. The van der Waals surface area contributed by atoms with Crippen molar-refractivity contribution in [3.05, 3.63) is 29.0 Å². The standard InChI is InChI=1S/C10H8ClN3O2/c1-16-10-3-7(8(11)4-12-10)9-2-6(5-15)13-14-9/h2-5H,1H3,(H,13,14). The molecule has 0 aliphatic carbocycles. The number of aldehydes is 1. The van der Waals surface area contributed by atoms with Gasteiger partial charge in [0, 0.05) is 11.6 Å². The van der Waals surface area contributed by atoms with E-state index in [1.807, 2.05) is 0 Å². The summed E-state index contributed by atoms with van der Waals surface area (Å²) in [5.41, 5.74) is 1.66. The SMILES string of the molecule is COc1cc(-c2cc(C=O)n[nH]2)c(Cl)cn1. The molecule has 2 aromatic rings. The number of ether oxygens (including phenoxy) is 1. The number of rotatable bonds is 3. The Hall–Kier alpha value is -1.88. The van der Waals surface area contributed by atoms with E-state index in [0.717, 1.165) is 0 Å². The number of carbonyl (C=O) groups is 1. The molecule has 0 aromatic carbocycles. The topological polar surface area (TPSA) is 67.9 Å². The Morgan fingerprint density at radius 1 is 1.50 bits per heavy atom. The highest BCUT2D eigenvalue weighted by molar-refractivity contribution is 6.33. The van der Waals surface area contributed by atoms with Crippen LogP contribution in [-0.2, 0) is 0 Å². The van der Waals surface area contributed by atoms with Crippen LogP contribution in [0.2, 0.25) is 5.02 Å². The van der Waals surface area contributed by atoms with Gasteiger partial charge in [-0.15, -0.1) is 0 Å². The Morgan fingerprint density at radius 2 is 2.31 bits per heavy atom. The lowest BCUT2D eigenvalue weighted by Crippen LogP contribution is -1.89. The van der Waals surface area contributed by atoms with E-state index >= 15 is 0 Å². The number of methoxy groups -OCH3 is 1.